The van der Waals surface area contributed by atoms with Gasteiger partial charge in [-0.25, -0.2) is 9.18 Å². The van der Waals surface area contributed by atoms with Crippen molar-refractivity contribution in [1.82, 2.24) is 9.80 Å². The molecule has 1 aromatic carbocycles. The molecule has 26 heavy (non-hydrogen) atoms. The van der Waals surface area contributed by atoms with Crippen LogP contribution in [0.25, 0.3) is 0 Å². The summed E-state index contributed by atoms with van der Waals surface area (Å²) in [7, 11) is 0. The fraction of sp³-hybridized carbons (Fsp3) is 0.526. The van der Waals surface area contributed by atoms with E-state index in [1.165, 1.54) is 24.0 Å². The topological polar surface area (TPSA) is 77.9 Å². The summed E-state index contributed by atoms with van der Waals surface area (Å²) in [6.45, 7) is 4.54. The summed E-state index contributed by atoms with van der Waals surface area (Å²) in [6, 6.07) is 3.39. The predicted octanol–water partition coefficient (Wildman–Crippen LogP) is 2.06. The van der Waals surface area contributed by atoms with Crippen molar-refractivity contribution in [3.63, 3.8) is 0 Å². The summed E-state index contributed by atoms with van der Waals surface area (Å²) in [5.74, 6) is -1.85. The first-order valence-corrected chi connectivity index (χ1v) is 8.78. The van der Waals surface area contributed by atoms with Crippen LogP contribution in [0, 0.1) is 18.2 Å². The molecule has 6 nitrogen and oxygen atoms in total. The molecule has 2 amide bonds. The van der Waals surface area contributed by atoms with Gasteiger partial charge in [-0.15, -0.1) is 0 Å². The van der Waals surface area contributed by atoms with Gasteiger partial charge in [-0.05, 0) is 49.3 Å². The zero-order valence-electron chi connectivity index (χ0n) is 15.0. The van der Waals surface area contributed by atoms with Gasteiger partial charge in [-0.2, -0.15) is 0 Å². The van der Waals surface area contributed by atoms with Crippen LogP contribution >= 0.6 is 0 Å². The molecule has 0 unspecified atom stereocenters. The molecule has 0 aromatic heterocycles. The van der Waals surface area contributed by atoms with E-state index in [9.17, 15) is 23.9 Å². The maximum absolute atomic E-state index is 13.5. The van der Waals surface area contributed by atoms with Crippen molar-refractivity contribution in [3.8, 4) is 0 Å². The number of carbonyl (C=O) groups excluding carboxylic acids is 2. The molecular formula is C19H23FN2O4. The van der Waals surface area contributed by atoms with E-state index in [0.717, 1.165) is 5.56 Å². The van der Waals surface area contributed by atoms with Crippen molar-refractivity contribution >= 4 is 17.8 Å². The number of aryl methyl sites for hydroxylation is 1. The van der Waals surface area contributed by atoms with Crippen LogP contribution in [0.15, 0.2) is 18.2 Å². The van der Waals surface area contributed by atoms with E-state index in [1.54, 1.807) is 17.9 Å². The average Bonchev–Trinajstić information content (AvgIpc) is 2.97. The number of benzene rings is 1. The first-order chi connectivity index (χ1) is 12.2. The second-order valence-corrected chi connectivity index (χ2v) is 7.46. The molecule has 2 saturated heterocycles. The number of carboxylic acid groups (broad SMARTS) is 1. The summed E-state index contributed by atoms with van der Waals surface area (Å²) in [4.78, 5) is 39.1. The Kier molecular flexibility index (Phi) is 4.73. The van der Waals surface area contributed by atoms with Gasteiger partial charge in [0.1, 0.15) is 11.9 Å². The molecule has 0 saturated carbocycles. The summed E-state index contributed by atoms with van der Waals surface area (Å²) in [5, 5.41) is 9.40. The highest BCUT2D eigenvalue weighted by atomic mass is 19.1. The van der Waals surface area contributed by atoms with Crippen LogP contribution in [-0.2, 0) is 9.59 Å². The van der Waals surface area contributed by atoms with E-state index in [1.807, 2.05) is 0 Å². The smallest absolute Gasteiger partial charge is 0.326 e. The van der Waals surface area contributed by atoms with Crippen molar-refractivity contribution < 1.29 is 23.9 Å². The van der Waals surface area contributed by atoms with Crippen LogP contribution < -0.4 is 0 Å². The number of carboxylic acids is 1. The third-order valence-corrected chi connectivity index (χ3v) is 5.74. The fourth-order valence-corrected chi connectivity index (χ4v) is 4.15. The van der Waals surface area contributed by atoms with Crippen LogP contribution in [0.5, 0.6) is 0 Å². The first kappa shape index (κ1) is 18.4. The predicted molar refractivity (Wildman–Crippen MR) is 92.1 cm³/mol. The summed E-state index contributed by atoms with van der Waals surface area (Å²) in [6.07, 6.45) is 1.70. The molecule has 2 fully saturated rings. The average molecular weight is 362 g/mol. The zero-order chi connectivity index (χ0) is 19.1. The van der Waals surface area contributed by atoms with Gasteiger partial charge in [0, 0.05) is 32.1 Å². The van der Waals surface area contributed by atoms with E-state index in [0.29, 0.717) is 44.5 Å². The van der Waals surface area contributed by atoms with Gasteiger partial charge in [-0.3, -0.25) is 9.59 Å². The van der Waals surface area contributed by atoms with Crippen molar-refractivity contribution in [2.24, 2.45) is 5.41 Å². The van der Waals surface area contributed by atoms with E-state index in [4.69, 9.17) is 0 Å². The molecule has 0 aliphatic carbocycles. The molecule has 0 radical (unpaired) electrons. The monoisotopic (exact) mass is 362 g/mol. The minimum Gasteiger partial charge on any atom is -0.480 e. The summed E-state index contributed by atoms with van der Waals surface area (Å²) in [5.41, 5.74) is 0.829. The number of aliphatic carboxylic acids is 1. The Balaban J connectivity index is 1.71. The van der Waals surface area contributed by atoms with Crippen LogP contribution in [-0.4, -0.2) is 58.4 Å². The molecule has 3 rings (SSSR count). The number of hydrogen-bond acceptors (Lipinski definition) is 3. The lowest BCUT2D eigenvalue weighted by Crippen LogP contribution is -2.44. The van der Waals surface area contributed by atoms with Crippen LogP contribution in [0.3, 0.4) is 0 Å². The normalized spacial score (nSPS) is 21.9. The Morgan fingerprint density at radius 1 is 1.23 bits per heavy atom. The van der Waals surface area contributed by atoms with Crippen molar-refractivity contribution in [2.45, 2.75) is 39.2 Å². The van der Waals surface area contributed by atoms with E-state index >= 15 is 0 Å². The second kappa shape index (κ2) is 6.70. The Hall–Kier alpha value is -2.44. The van der Waals surface area contributed by atoms with E-state index < -0.39 is 17.8 Å². The third-order valence-electron chi connectivity index (χ3n) is 5.74. The lowest BCUT2D eigenvalue weighted by Gasteiger charge is -2.39. The molecule has 2 heterocycles. The number of likely N-dealkylation sites (tertiary alicyclic amines) is 2. The highest BCUT2D eigenvalue weighted by Crippen LogP contribution is 2.43. The molecule has 1 aromatic rings. The number of rotatable bonds is 2. The summed E-state index contributed by atoms with van der Waals surface area (Å²) < 4.78 is 13.5. The van der Waals surface area contributed by atoms with Gasteiger partial charge in [0.25, 0.3) is 5.91 Å². The standard InChI is InChI=1S/C19H23FN2O4/c1-12-3-4-14(20)9-15(12)17(24)21-7-5-19(6-8-21)10-16(18(25)26)22(11-19)13(2)23/h3-4,9,16H,5-8,10-11H2,1-2H3,(H,25,26)/t16-/m0/s1. The van der Waals surface area contributed by atoms with Crippen LogP contribution in [0.4, 0.5) is 4.39 Å². The Morgan fingerprint density at radius 2 is 1.88 bits per heavy atom. The highest BCUT2D eigenvalue weighted by Gasteiger charge is 2.49. The number of carbonyl (C=O) groups is 3. The molecular weight excluding hydrogens is 339 g/mol. The van der Waals surface area contributed by atoms with E-state index in [-0.39, 0.29) is 17.2 Å². The van der Waals surface area contributed by atoms with Crippen LogP contribution in [0.1, 0.15) is 42.1 Å². The Labute approximate surface area is 151 Å². The maximum atomic E-state index is 13.5. The molecule has 0 bridgehead atoms. The second-order valence-electron chi connectivity index (χ2n) is 7.46. The quantitative estimate of drug-likeness (QED) is 0.874. The van der Waals surface area contributed by atoms with Gasteiger partial charge < -0.3 is 14.9 Å². The molecule has 7 heteroatoms. The lowest BCUT2D eigenvalue weighted by molar-refractivity contribution is -0.147. The number of halogens is 1. The van der Waals surface area contributed by atoms with Crippen molar-refractivity contribution in [2.75, 3.05) is 19.6 Å². The van der Waals surface area contributed by atoms with Crippen LogP contribution in [0.2, 0.25) is 0 Å². The molecule has 2 aliphatic heterocycles. The number of piperidine rings is 1. The Bertz CT molecular complexity index is 732. The van der Waals surface area contributed by atoms with Gasteiger partial charge in [0.2, 0.25) is 5.91 Å². The minimum atomic E-state index is -0.981. The maximum Gasteiger partial charge on any atom is 0.326 e. The molecule has 1 atom stereocenters. The molecule has 1 N–H and O–H groups in total. The van der Waals surface area contributed by atoms with Crippen molar-refractivity contribution in [1.29, 1.82) is 0 Å². The number of hydrogen-bond donors (Lipinski definition) is 1. The third kappa shape index (κ3) is 3.30. The molecule has 140 valence electrons. The highest BCUT2D eigenvalue weighted by molar-refractivity contribution is 5.95. The number of amides is 2. The first-order valence-electron chi connectivity index (χ1n) is 8.78. The largest absolute Gasteiger partial charge is 0.480 e. The number of nitrogens with zero attached hydrogens (tertiary/aromatic N) is 2. The Morgan fingerprint density at radius 3 is 2.42 bits per heavy atom. The van der Waals surface area contributed by atoms with E-state index in [2.05, 4.69) is 0 Å². The van der Waals surface area contributed by atoms with Gasteiger partial charge >= 0.3 is 5.97 Å². The van der Waals surface area contributed by atoms with Gasteiger partial charge in [0.15, 0.2) is 0 Å². The zero-order valence-corrected chi connectivity index (χ0v) is 15.0. The van der Waals surface area contributed by atoms with Gasteiger partial charge in [0.05, 0.1) is 0 Å². The SMILES string of the molecule is CC(=O)N1CC2(CCN(C(=O)c3cc(F)ccc3C)CC2)C[C@H]1C(=O)O. The molecule has 1 spiro atoms. The van der Waals surface area contributed by atoms with Crippen molar-refractivity contribution in [3.05, 3.63) is 35.1 Å². The minimum absolute atomic E-state index is 0.201. The van der Waals surface area contributed by atoms with Gasteiger partial charge in [-0.1, -0.05) is 6.07 Å². The summed E-state index contributed by atoms with van der Waals surface area (Å²) >= 11 is 0. The fourth-order valence-electron chi connectivity index (χ4n) is 4.15. The lowest BCUT2D eigenvalue weighted by atomic mass is 9.76. The molecule has 2 aliphatic rings.